The zero-order valence-corrected chi connectivity index (χ0v) is 8.12. The summed E-state index contributed by atoms with van der Waals surface area (Å²) in [6.45, 7) is 4.20. The van der Waals surface area contributed by atoms with Crippen LogP contribution < -0.4 is 5.32 Å². The number of amides is 1. The molecular formula is C9H18N2O2. The number of hydrogen-bond acceptors (Lipinski definition) is 3. The van der Waals surface area contributed by atoms with Crippen molar-refractivity contribution < 1.29 is 9.90 Å². The molecule has 76 valence electrons. The second kappa shape index (κ2) is 5.19. The Bertz CT molecular complexity index is 173. The van der Waals surface area contributed by atoms with Gasteiger partial charge in [-0.25, -0.2) is 0 Å². The third kappa shape index (κ3) is 2.67. The lowest BCUT2D eigenvalue weighted by molar-refractivity contribution is -0.133. The first-order valence-corrected chi connectivity index (χ1v) is 4.90. The van der Waals surface area contributed by atoms with E-state index in [2.05, 4.69) is 12.2 Å². The van der Waals surface area contributed by atoms with Gasteiger partial charge in [0.2, 0.25) is 5.91 Å². The Balaban J connectivity index is 2.60. The maximum atomic E-state index is 11.5. The van der Waals surface area contributed by atoms with Crippen molar-refractivity contribution in [3.05, 3.63) is 0 Å². The van der Waals surface area contributed by atoms with E-state index in [-0.39, 0.29) is 18.6 Å². The minimum atomic E-state index is 0.0578. The van der Waals surface area contributed by atoms with E-state index < -0.39 is 0 Å². The lowest BCUT2D eigenvalue weighted by Gasteiger charge is -2.28. The highest BCUT2D eigenvalue weighted by molar-refractivity contribution is 5.77. The molecule has 0 aromatic carbocycles. The highest BCUT2D eigenvalue weighted by Crippen LogP contribution is 2.08. The van der Waals surface area contributed by atoms with Gasteiger partial charge in [0.15, 0.2) is 0 Å². The first-order chi connectivity index (χ1) is 6.29. The van der Waals surface area contributed by atoms with Crippen molar-refractivity contribution in [2.45, 2.75) is 25.8 Å². The largest absolute Gasteiger partial charge is 0.395 e. The van der Waals surface area contributed by atoms with E-state index in [4.69, 9.17) is 5.11 Å². The van der Waals surface area contributed by atoms with E-state index in [0.29, 0.717) is 13.0 Å². The smallest absolute Gasteiger partial charge is 0.224 e. The molecule has 1 fully saturated rings. The van der Waals surface area contributed by atoms with Crippen LogP contribution in [0.5, 0.6) is 0 Å². The van der Waals surface area contributed by atoms with Crippen LogP contribution in [0.4, 0.5) is 0 Å². The molecule has 0 bridgehead atoms. The molecule has 4 nitrogen and oxygen atoms in total. The van der Waals surface area contributed by atoms with Gasteiger partial charge in [0.05, 0.1) is 6.61 Å². The summed E-state index contributed by atoms with van der Waals surface area (Å²) in [6.07, 6.45) is 1.50. The number of aliphatic hydroxyl groups excluding tert-OH is 1. The van der Waals surface area contributed by atoms with Crippen LogP contribution in [-0.4, -0.2) is 48.2 Å². The average molecular weight is 186 g/mol. The van der Waals surface area contributed by atoms with Crippen molar-refractivity contribution in [3.8, 4) is 0 Å². The molecule has 1 aliphatic heterocycles. The molecule has 0 saturated carbocycles. The molecule has 1 saturated heterocycles. The Labute approximate surface area is 78.9 Å². The number of nitrogens with one attached hydrogen (secondary N) is 1. The van der Waals surface area contributed by atoms with Crippen LogP contribution in [-0.2, 0) is 4.79 Å². The maximum absolute atomic E-state index is 11.5. The highest BCUT2D eigenvalue weighted by atomic mass is 16.3. The van der Waals surface area contributed by atoms with Crippen LogP contribution >= 0.6 is 0 Å². The van der Waals surface area contributed by atoms with Gasteiger partial charge in [-0.15, -0.1) is 0 Å². The fourth-order valence-electron chi connectivity index (χ4n) is 1.70. The van der Waals surface area contributed by atoms with Gasteiger partial charge in [-0.05, 0) is 6.42 Å². The van der Waals surface area contributed by atoms with Gasteiger partial charge in [0, 0.05) is 32.1 Å². The molecule has 2 N–H and O–H groups in total. The number of aliphatic hydroxyl groups is 1. The molecule has 0 unspecified atom stereocenters. The van der Waals surface area contributed by atoms with Gasteiger partial charge in [-0.1, -0.05) is 6.92 Å². The summed E-state index contributed by atoms with van der Waals surface area (Å²) in [7, 11) is 0. The van der Waals surface area contributed by atoms with Crippen molar-refractivity contribution in [2.24, 2.45) is 0 Å². The van der Waals surface area contributed by atoms with E-state index in [9.17, 15) is 4.79 Å². The fraction of sp³-hybridized carbons (Fsp3) is 0.889. The van der Waals surface area contributed by atoms with E-state index in [1.165, 1.54) is 0 Å². The summed E-state index contributed by atoms with van der Waals surface area (Å²) in [5.74, 6) is 0.158. The molecule has 4 heteroatoms. The molecule has 0 aliphatic carbocycles. The molecular weight excluding hydrogens is 168 g/mol. The Hall–Kier alpha value is -0.610. The molecule has 0 radical (unpaired) electrons. The average Bonchev–Trinajstić information content (AvgIpc) is 2.30. The van der Waals surface area contributed by atoms with Gasteiger partial charge in [0.1, 0.15) is 0 Å². The second-order valence-electron chi connectivity index (χ2n) is 3.33. The van der Waals surface area contributed by atoms with E-state index in [1.54, 1.807) is 4.90 Å². The number of carbonyl (C=O) groups is 1. The lowest BCUT2D eigenvalue weighted by Crippen LogP contribution is -2.43. The number of β-amino-alcohol motifs (C(OH)–C–C–N with tert-alkyl or cyclic N) is 1. The molecule has 1 heterocycles. The molecule has 1 atom stereocenters. The van der Waals surface area contributed by atoms with E-state index in [1.807, 2.05) is 0 Å². The molecule has 13 heavy (non-hydrogen) atoms. The van der Waals surface area contributed by atoms with Crippen LogP contribution in [0.1, 0.15) is 19.8 Å². The zero-order valence-electron chi connectivity index (χ0n) is 8.12. The van der Waals surface area contributed by atoms with Gasteiger partial charge >= 0.3 is 0 Å². The lowest BCUT2D eigenvalue weighted by atomic mass is 10.2. The van der Waals surface area contributed by atoms with Gasteiger partial charge in [0.25, 0.3) is 0 Å². The standard InChI is InChI=1S/C9H18N2O2/c1-2-8-7-10-4-3-9(13)11(8)5-6-12/h8,10,12H,2-7H2,1H3/t8-/m0/s1. The topological polar surface area (TPSA) is 52.6 Å². The minimum Gasteiger partial charge on any atom is -0.395 e. The van der Waals surface area contributed by atoms with E-state index in [0.717, 1.165) is 19.5 Å². The maximum Gasteiger partial charge on any atom is 0.224 e. The Kier molecular flexibility index (Phi) is 4.18. The summed E-state index contributed by atoms with van der Waals surface area (Å²) in [5, 5.41) is 12.1. The third-order valence-electron chi connectivity index (χ3n) is 2.47. The molecule has 0 aromatic rings. The predicted molar refractivity (Wildman–Crippen MR) is 50.4 cm³/mol. The predicted octanol–water partition coefficient (Wildman–Crippen LogP) is -0.421. The Morgan fingerprint density at radius 3 is 3.08 bits per heavy atom. The minimum absolute atomic E-state index is 0.0578. The van der Waals surface area contributed by atoms with Crippen LogP contribution in [0.2, 0.25) is 0 Å². The SMILES string of the molecule is CC[C@H]1CNCCC(=O)N1CCO. The summed E-state index contributed by atoms with van der Waals surface area (Å²) >= 11 is 0. The fourth-order valence-corrected chi connectivity index (χ4v) is 1.70. The summed E-state index contributed by atoms with van der Waals surface area (Å²) in [6, 6.07) is 0.252. The first-order valence-electron chi connectivity index (χ1n) is 4.90. The van der Waals surface area contributed by atoms with Crippen molar-refractivity contribution in [3.63, 3.8) is 0 Å². The van der Waals surface area contributed by atoms with E-state index >= 15 is 0 Å². The van der Waals surface area contributed by atoms with Crippen molar-refractivity contribution in [1.82, 2.24) is 10.2 Å². The molecule has 0 spiro atoms. The van der Waals surface area contributed by atoms with Crippen LogP contribution in [0.15, 0.2) is 0 Å². The Morgan fingerprint density at radius 2 is 2.46 bits per heavy atom. The van der Waals surface area contributed by atoms with Gasteiger partial charge in [-0.3, -0.25) is 4.79 Å². The van der Waals surface area contributed by atoms with Crippen LogP contribution in [0.25, 0.3) is 0 Å². The quantitative estimate of drug-likeness (QED) is 0.629. The zero-order chi connectivity index (χ0) is 9.68. The molecule has 1 aliphatic rings. The van der Waals surface area contributed by atoms with Crippen molar-refractivity contribution in [2.75, 3.05) is 26.2 Å². The summed E-state index contributed by atoms with van der Waals surface area (Å²) in [5.41, 5.74) is 0. The first kappa shape index (κ1) is 10.5. The number of rotatable bonds is 3. The van der Waals surface area contributed by atoms with Crippen molar-refractivity contribution >= 4 is 5.91 Å². The summed E-state index contributed by atoms with van der Waals surface area (Å²) < 4.78 is 0. The second-order valence-corrected chi connectivity index (χ2v) is 3.33. The van der Waals surface area contributed by atoms with Gasteiger partial charge in [-0.2, -0.15) is 0 Å². The number of carbonyl (C=O) groups excluding carboxylic acids is 1. The normalized spacial score (nSPS) is 24.6. The van der Waals surface area contributed by atoms with Crippen molar-refractivity contribution in [1.29, 1.82) is 0 Å². The monoisotopic (exact) mass is 186 g/mol. The summed E-state index contributed by atoms with van der Waals surface area (Å²) in [4.78, 5) is 13.3. The van der Waals surface area contributed by atoms with Gasteiger partial charge < -0.3 is 15.3 Å². The number of nitrogens with zero attached hydrogens (tertiary/aromatic N) is 1. The highest BCUT2D eigenvalue weighted by Gasteiger charge is 2.23. The van der Waals surface area contributed by atoms with Crippen LogP contribution in [0, 0.1) is 0 Å². The van der Waals surface area contributed by atoms with Crippen LogP contribution in [0.3, 0.4) is 0 Å². The Morgan fingerprint density at radius 1 is 1.69 bits per heavy atom. The molecule has 0 aromatic heterocycles. The molecule has 1 amide bonds. The number of hydrogen-bond donors (Lipinski definition) is 2. The molecule has 1 rings (SSSR count). The third-order valence-corrected chi connectivity index (χ3v) is 2.47.